The maximum atomic E-state index is 3.68. The molecule has 1 unspecified atom stereocenters. The zero-order valence-corrected chi connectivity index (χ0v) is 14.1. The van der Waals surface area contributed by atoms with Crippen molar-refractivity contribution in [3.63, 3.8) is 0 Å². The minimum atomic E-state index is 0.332. The third-order valence-corrected chi connectivity index (χ3v) is 5.49. The second-order valence-electron chi connectivity index (χ2n) is 4.46. The minimum Gasteiger partial charge on any atom is -0.306 e. The van der Waals surface area contributed by atoms with Crippen molar-refractivity contribution >= 4 is 38.6 Å². The summed E-state index contributed by atoms with van der Waals surface area (Å²) in [5.74, 6) is 0. The molecular weight excluding hydrogens is 326 g/mol. The Kier molecular flexibility index (Phi) is 5.01. The van der Waals surface area contributed by atoms with Gasteiger partial charge in [0.15, 0.2) is 0 Å². The van der Waals surface area contributed by atoms with Crippen LogP contribution in [0.2, 0.25) is 0 Å². The molecule has 0 aromatic carbocycles. The van der Waals surface area contributed by atoms with Crippen LogP contribution >= 0.6 is 38.6 Å². The van der Waals surface area contributed by atoms with E-state index in [9.17, 15) is 0 Å². The van der Waals surface area contributed by atoms with Crippen LogP contribution < -0.4 is 5.32 Å². The molecule has 98 valence electrons. The monoisotopic (exact) mass is 343 g/mol. The number of halogens is 1. The number of aryl methyl sites for hydroxylation is 2. The van der Waals surface area contributed by atoms with Crippen molar-refractivity contribution in [2.75, 3.05) is 6.54 Å². The quantitative estimate of drug-likeness (QED) is 0.778. The van der Waals surface area contributed by atoms with Crippen LogP contribution in [0, 0.1) is 13.8 Å². The zero-order chi connectivity index (χ0) is 13.1. The maximum absolute atomic E-state index is 3.68. The second kappa shape index (κ2) is 6.33. The molecule has 0 saturated carbocycles. The Balaban J connectivity index is 2.37. The van der Waals surface area contributed by atoms with Crippen LogP contribution in [0.15, 0.2) is 20.6 Å². The molecule has 2 aromatic heterocycles. The van der Waals surface area contributed by atoms with E-state index in [1.807, 2.05) is 11.3 Å². The molecule has 1 atom stereocenters. The standard InChI is InChI=1S/C14H18BrNS2/c1-4-5-16-14(12-8-17-7-9(12)2)11-6-13(15)18-10(11)3/h6-8,14,16H,4-5H2,1-3H3. The summed E-state index contributed by atoms with van der Waals surface area (Å²) in [5, 5.41) is 8.18. The second-order valence-corrected chi connectivity index (χ2v) is 7.84. The van der Waals surface area contributed by atoms with Gasteiger partial charge < -0.3 is 5.32 Å². The summed E-state index contributed by atoms with van der Waals surface area (Å²) in [6, 6.07) is 2.59. The van der Waals surface area contributed by atoms with Gasteiger partial charge in [0, 0.05) is 4.88 Å². The van der Waals surface area contributed by atoms with Crippen LogP contribution in [-0.2, 0) is 0 Å². The highest BCUT2D eigenvalue weighted by Crippen LogP contribution is 2.35. The fourth-order valence-corrected chi connectivity index (χ4v) is 4.71. The molecule has 0 aliphatic rings. The maximum Gasteiger partial charge on any atom is 0.0704 e. The van der Waals surface area contributed by atoms with Gasteiger partial charge in [-0.1, -0.05) is 6.92 Å². The zero-order valence-electron chi connectivity index (χ0n) is 10.9. The molecule has 0 spiro atoms. The van der Waals surface area contributed by atoms with Crippen molar-refractivity contribution in [2.45, 2.75) is 33.2 Å². The number of hydrogen-bond acceptors (Lipinski definition) is 3. The molecular formula is C14H18BrNS2. The number of hydrogen-bond donors (Lipinski definition) is 1. The van der Waals surface area contributed by atoms with Gasteiger partial charge in [0.05, 0.1) is 9.83 Å². The van der Waals surface area contributed by atoms with Gasteiger partial charge in [0.25, 0.3) is 0 Å². The molecule has 0 fully saturated rings. The summed E-state index contributed by atoms with van der Waals surface area (Å²) in [4.78, 5) is 1.39. The first-order valence-electron chi connectivity index (χ1n) is 6.15. The largest absolute Gasteiger partial charge is 0.306 e. The summed E-state index contributed by atoms with van der Waals surface area (Å²) >= 11 is 7.20. The van der Waals surface area contributed by atoms with Crippen LogP contribution in [0.3, 0.4) is 0 Å². The first kappa shape index (κ1) is 14.3. The lowest BCUT2D eigenvalue weighted by Crippen LogP contribution is -2.23. The summed E-state index contributed by atoms with van der Waals surface area (Å²) in [6.07, 6.45) is 1.16. The lowest BCUT2D eigenvalue weighted by Gasteiger charge is -2.19. The van der Waals surface area contributed by atoms with Crippen LogP contribution in [0.4, 0.5) is 0 Å². The molecule has 0 amide bonds. The van der Waals surface area contributed by atoms with E-state index in [0.29, 0.717) is 6.04 Å². The molecule has 4 heteroatoms. The molecule has 0 aliphatic heterocycles. The molecule has 0 radical (unpaired) electrons. The summed E-state index contributed by atoms with van der Waals surface area (Å²) < 4.78 is 1.21. The first-order valence-corrected chi connectivity index (χ1v) is 8.70. The van der Waals surface area contributed by atoms with Gasteiger partial charge in [-0.05, 0) is 76.3 Å². The van der Waals surface area contributed by atoms with Crippen LogP contribution in [0.5, 0.6) is 0 Å². The van der Waals surface area contributed by atoms with Gasteiger partial charge in [-0.2, -0.15) is 11.3 Å². The summed E-state index contributed by atoms with van der Waals surface area (Å²) in [6.45, 7) is 7.66. The van der Waals surface area contributed by atoms with Crippen LogP contribution in [-0.4, -0.2) is 6.54 Å². The Labute approximate surface area is 125 Å². The van der Waals surface area contributed by atoms with Crippen molar-refractivity contribution in [2.24, 2.45) is 0 Å². The van der Waals surface area contributed by atoms with Crippen molar-refractivity contribution < 1.29 is 0 Å². The Hall–Kier alpha value is -0.160. The van der Waals surface area contributed by atoms with Crippen molar-refractivity contribution in [1.82, 2.24) is 5.32 Å². The number of rotatable bonds is 5. The Morgan fingerprint density at radius 1 is 1.28 bits per heavy atom. The molecule has 2 aromatic rings. The van der Waals surface area contributed by atoms with E-state index in [1.54, 1.807) is 11.3 Å². The summed E-state index contributed by atoms with van der Waals surface area (Å²) in [5.41, 5.74) is 4.21. The normalized spacial score (nSPS) is 12.9. The molecule has 1 N–H and O–H groups in total. The van der Waals surface area contributed by atoms with Gasteiger partial charge in [0.2, 0.25) is 0 Å². The number of nitrogens with one attached hydrogen (secondary N) is 1. The highest BCUT2D eigenvalue weighted by Gasteiger charge is 2.19. The third-order valence-electron chi connectivity index (χ3n) is 3.04. The summed E-state index contributed by atoms with van der Waals surface area (Å²) in [7, 11) is 0. The van der Waals surface area contributed by atoms with Crippen molar-refractivity contribution in [3.05, 3.63) is 42.2 Å². The molecule has 2 rings (SSSR count). The molecule has 18 heavy (non-hydrogen) atoms. The van der Waals surface area contributed by atoms with Crippen molar-refractivity contribution in [1.29, 1.82) is 0 Å². The Morgan fingerprint density at radius 3 is 2.56 bits per heavy atom. The predicted octanol–water partition coefficient (Wildman–Crippen LogP) is 5.28. The molecule has 0 saturated heterocycles. The fraction of sp³-hybridized carbons (Fsp3) is 0.429. The highest BCUT2D eigenvalue weighted by molar-refractivity contribution is 9.11. The lowest BCUT2D eigenvalue weighted by molar-refractivity contribution is 0.597. The molecule has 0 aliphatic carbocycles. The third kappa shape index (κ3) is 3.05. The van der Waals surface area contributed by atoms with Gasteiger partial charge >= 0.3 is 0 Å². The van der Waals surface area contributed by atoms with Gasteiger partial charge in [-0.15, -0.1) is 11.3 Å². The average molecular weight is 344 g/mol. The smallest absolute Gasteiger partial charge is 0.0704 e. The Bertz CT molecular complexity index is 516. The SMILES string of the molecule is CCCNC(c1cscc1C)c1cc(Br)sc1C. The van der Waals surface area contributed by atoms with E-state index >= 15 is 0 Å². The topological polar surface area (TPSA) is 12.0 Å². The van der Waals surface area contributed by atoms with Gasteiger partial charge in [-0.25, -0.2) is 0 Å². The van der Waals surface area contributed by atoms with E-state index in [-0.39, 0.29) is 0 Å². The Morgan fingerprint density at radius 2 is 2.06 bits per heavy atom. The van der Waals surface area contributed by atoms with Gasteiger partial charge in [-0.3, -0.25) is 0 Å². The fourth-order valence-electron chi connectivity index (χ4n) is 2.09. The lowest BCUT2D eigenvalue weighted by atomic mass is 9.99. The van der Waals surface area contributed by atoms with E-state index < -0.39 is 0 Å². The van der Waals surface area contributed by atoms with E-state index in [4.69, 9.17) is 0 Å². The number of thiophene rings is 2. The van der Waals surface area contributed by atoms with E-state index in [2.05, 4.69) is 58.8 Å². The minimum absolute atomic E-state index is 0.332. The predicted molar refractivity (Wildman–Crippen MR) is 85.9 cm³/mol. The van der Waals surface area contributed by atoms with Gasteiger partial charge in [0.1, 0.15) is 0 Å². The first-order chi connectivity index (χ1) is 8.63. The van der Waals surface area contributed by atoms with E-state index in [1.165, 1.54) is 25.4 Å². The molecule has 1 nitrogen and oxygen atoms in total. The van der Waals surface area contributed by atoms with E-state index in [0.717, 1.165) is 13.0 Å². The highest BCUT2D eigenvalue weighted by atomic mass is 79.9. The van der Waals surface area contributed by atoms with Crippen molar-refractivity contribution in [3.8, 4) is 0 Å². The van der Waals surface area contributed by atoms with Crippen LogP contribution in [0.1, 0.15) is 41.0 Å². The average Bonchev–Trinajstić information content (AvgIpc) is 2.87. The van der Waals surface area contributed by atoms with Crippen LogP contribution in [0.25, 0.3) is 0 Å². The molecule has 2 heterocycles. The molecule has 0 bridgehead atoms.